The summed E-state index contributed by atoms with van der Waals surface area (Å²) < 4.78 is 11.5. The maximum atomic E-state index is 5.94. The van der Waals surface area contributed by atoms with Crippen molar-refractivity contribution < 1.29 is 9.47 Å². The van der Waals surface area contributed by atoms with Crippen molar-refractivity contribution in [2.75, 3.05) is 6.61 Å². The zero-order valence-electron chi connectivity index (χ0n) is 10.2. The van der Waals surface area contributed by atoms with Crippen molar-refractivity contribution in [1.29, 1.82) is 0 Å². The van der Waals surface area contributed by atoms with E-state index in [1.165, 1.54) is 32.1 Å². The molecule has 0 amide bonds. The second-order valence-electron chi connectivity index (χ2n) is 4.28. The first-order chi connectivity index (χ1) is 7.86. The van der Waals surface area contributed by atoms with Crippen LogP contribution in [0.15, 0.2) is 11.1 Å². The Morgan fingerprint density at radius 1 is 1.44 bits per heavy atom. The maximum absolute atomic E-state index is 5.94. The van der Waals surface area contributed by atoms with Crippen LogP contribution in [0.1, 0.15) is 51.9 Å². The third-order valence-electron chi connectivity index (χ3n) is 2.84. The van der Waals surface area contributed by atoms with Gasteiger partial charge in [-0.25, -0.2) is 0 Å². The molecule has 2 atom stereocenters. The van der Waals surface area contributed by atoms with E-state index in [0.29, 0.717) is 0 Å². The first-order valence-corrected chi connectivity index (χ1v) is 7.32. The standard InChI is InChI=1S/C13H23BrO2/c1-2-3-4-7-12(9-10-14)16-13-8-5-6-11-15-13/h9-10,12-13H,2-8,11H2,1H3/b10-9+. The van der Waals surface area contributed by atoms with Gasteiger partial charge in [-0.15, -0.1) is 0 Å². The SMILES string of the molecule is CCCCCC(/C=C/Br)OC1CCCCO1. The number of halogens is 1. The molecule has 1 aliphatic rings. The molecule has 0 saturated carbocycles. The summed E-state index contributed by atoms with van der Waals surface area (Å²) >= 11 is 3.32. The molecule has 2 nitrogen and oxygen atoms in total. The average molecular weight is 291 g/mol. The molecule has 1 heterocycles. The number of rotatable bonds is 7. The zero-order valence-corrected chi connectivity index (χ0v) is 11.7. The highest BCUT2D eigenvalue weighted by molar-refractivity contribution is 9.11. The minimum Gasteiger partial charge on any atom is -0.353 e. The molecule has 0 aromatic rings. The van der Waals surface area contributed by atoms with Gasteiger partial charge in [0.25, 0.3) is 0 Å². The Morgan fingerprint density at radius 3 is 2.94 bits per heavy atom. The van der Waals surface area contributed by atoms with Crippen LogP contribution in [0, 0.1) is 0 Å². The topological polar surface area (TPSA) is 18.5 Å². The summed E-state index contributed by atoms with van der Waals surface area (Å²) in [6.45, 7) is 3.07. The average Bonchev–Trinajstić information content (AvgIpc) is 2.31. The van der Waals surface area contributed by atoms with Gasteiger partial charge in [-0.05, 0) is 36.7 Å². The minimum atomic E-state index is 0.0177. The van der Waals surface area contributed by atoms with E-state index in [2.05, 4.69) is 28.9 Å². The summed E-state index contributed by atoms with van der Waals surface area (Å²) in [5.74, 6) is 0. The zero-order chi connectivity index (χ0) is 11.6. The number of unbranched alkanes of at least 4 members (excludes halogenated alkanes) is 2. The van der Waals surface area contributed by atoms with Gasteiger partial charge >= 0.3 is 0 Å². The number of ether oxygens (including phenoxy) is 2. The maximum Gasteiger partial charge on any atom is 0.158 e. The predicted molar refractivity (Wildman–Crippen MR) is 70.7 cm³/mol. The van der Waals surface area contributed by atoms with Crippen LogP contribution in [-0.4, -0.2) is 19.0 Å². The van der Waals surface area contributed by atoms with Crippen LogP contribution in [-0.2, 0) is 9.47 Å². The predicted octanol–water partition coefficient (Wildman–Crippen LogP) is 4.39. The van der Waals surface area contributed by atoms with Crippen molar-refractivity contribution in [2.45, 2.75) is 64.3 Å². The second-order valence-corrected chi connectivity index (χ2v) is 4.81. The Kier molecular flexibility index (Phi) is 8.17. The van der Waals surface area contributed by atoms with Gasteiger partial charge in [-0.1, -0.05) is 42.1 Å². The summed E-state index contributed by atoms with van der Waals surface area (Å²) in [6, 6.07) is 0. The molecule has 1 saturated heterocycles. The molecule has 0 radical (unpaired) electrons. The van der Waals surface area contributed by atoms with E-state index < -0.39 is 0 Å². The summed E-state index contributed by atoms with van der Waals surface area (Å²) in [5.41, 5.74) is 0. The number of hydrogen-bond acceptors (Lipinski definition) is 2. The Hall–Kier alpha value is 0.140. The highest BCUT2D eigenvalue weighted by Gasteiger charge is 2.17. The Bertz CT molecular complexity index is 188. The van der Waals surface area contributed by atoms with E-state index in [4.69, 9.17) is 9.47 Å². The van der Waals surface area contributed by atoms with Gasteiger partial charge < -0.3 is 9.47 Å². The van der Waals surface area contributed by atoms with Crippen molar-refractivity contribution in [3.63, 3.8) is 0 Å². The molecule has 0 aromatic heterocycles. The van der Waals surface area contributed by atoms with E-state index >= 15 is 0 Å². The second kappa shape index (κ2) is 9.20. The smallest absolute Gasteiger partial charge is 0.158 e. The van der Waals surface area contributed by atoms with Gasteiger partial charge in [-0.2, -0.15) is 0 Å². The van der Waals surface area contributed by atoms with Gasteiger partial charge in [0.05, 0.1) is 6.10 Å². The highest BCUT2D eigenvalue weighted by atomic mass is 79.9. The quantitative estimate of drug-likeness (QED) is 0.648. The molecular weight excluding hydrogens is 268 g/mol. The van der Waals surface area contributed by atoms with Crippen LogP contribution in [0.25, 0.3) is 0 Å². The molecule has 0 aromatic carbocycles. The fourth-order valence-corrected chi connectivity index (χ4v) is 2.24. The van der Waals surface area contributed by atoms with E-state index in [1.54, 1.807) is 0 Å². The Balaban J connectivity index is 2.25. The van der Waals surface area contributed by atoms with Crippen molar-refractivity contribution >= 4 is 15.9 Å². The monoisotopic (exact) mass is 290 g/mol. The third kappa shape index (κ3) is 6.02. The van der Waals surface area contributed by atoms with Gasteiger partial charge in [0, 0.05) is 6.61 Å². The van der Waals surface area contributed by atoms with Crippen LogP contribution < -0.4 is 0 Å². The van der Waals surface area contributed by atoms with Crippen molar-refractivity contribution in [1.82, 2.24) is 0 Å². The van der Waals surface area contributed by atoms with Crippen molar-refractivity contribution in [3.05, 3.63) is 11.1 Å². The molecule has 16 heavy (non-hydrogen) atoms. The van der Waals surface area contributed by atoms with E-state index in [0.717, 1.165) is 19.4 Å². The van der Waals surface area contributed by atoms with Crippen LogP contribution in [0.4, 0.5) is 0 Å². The van der Waals surface area contributed by atoms with Gasteiger partial charge in [-0.3, -0.25) is 0 Å². The highest BCUT2D eigenvalue weighted by Crippen LogP contribution is 2.18. The van der Waals surface area contributed by atoms with Gasteiger partial charge in [0.2, 0.25) is 0 Å². The lowest BCUT2D eigenvalue weighted by atomic mass is 10.1. The molecule has 3 heteroatoms. The fourth-order valence-electron chi connectivity index (χ4n) is 1.90. The summed E-state index contributed by atoms with van der Waals surface area (Å²) in [4.78, 5) is 1.90. The minimum absolute atomic E-state index is 0.0177. The lowest BCUT2D eigenvalue weighted by Crippen LogP contribution is -2.27. The molecule has 0 spiro atoms. The lowest BCUT2D eigenvalue weighted by Gasteiger charge is -2.26. The molecular formula is C13H23BrO2. The molecule has 1 fully saturated rings. The molecule has 0 aliphatic carbocycles. The first kappa shape index (κ1) is 14.2. The van der Waals surface area contributed by atoms with Crippen LogP contribution >= 0.6 is 15.9 Å². The first-order valence-electron chi connectivity index (χ1n) is 6.40. The molecule has 1 aliphatic heterocycles. The fraction of sp³-hybridized carbons (Fsp3) is 0.846. The van der Waals surface area contributed by atoms with Crippen molar-refractivity contribution in [2.24, 2.45) is 0 Å². The van der Waals surface area contributed by atoms with E-state index in [9.17, 15) is 0 Å². The largest absolute Gasteiger partial charge is 0.353 e. The lowest BCUT2D eigenvalue weighted by molar-refractivity contribution is -0.179. The van der Waals surface area contributed by atoms with Crippen LogP contribution in [0.3, 0.4) is 0 Å². The molecule has 0 bridgehead atoms. The Labute approximate surface area is 108 Å². The molecule has 2 unspecified atom stereocenters. The molecule has 1 rings (SSSR count). The number of hydrogen-bond donors (Lipinski definition) is 0. The molecule has 0 N–H and O–H groups in total. The van der Waals surface area contributed by atoms with Crippen LogP contribution in [0.5, 0.6) is 0 Å². The van der Waals surface area contributed by atoms with E-state index in [-0.39, 0.29) is 12.4 Å². The summed E-state index contributed by atoms with van der Waals surface area (Å²) in [6.07, 6.45) is 10.6. The van der Waals surface area contributed by atoms with Gasteiger partial charge in [0.1, 0.15) is 0 Å². The normalized spacial score (nSPS) is 23.8. The van der Waals surface area contributed by atoms with Crippen LogP contribution in [0.2, 0.25) is 0 Å². The van der Waals surface area contributed by atoms with Gasteiger partial charge in [0.15, 0.2) is 6.29 Å². The third-order valence-corrected chi connectivity index (χ3v) is 3.15. The van der Waals surface area contributed by atoms with Crippen molar-refractivity contribution in [3.8, 4) is 0 Å². The summed E-state index contributed by atoms with van der Waals surface area (Å²) in [5, 5.41) is 0. The molecule has 94 valence electrons. The Morgan fingerprint density at radius 2 is 2.31 bits per heavy atom. The summed E-state index contributed by atoms with van der Waals surface area (Å²) in [7, 11) is 0. The van der Waals surface area contributed by atoms with E-state index in [1.807, 2.05) is 4.99 Å².